The summed E-state index contributed by atoms with van der Waals surface area (Å²) < 4.78 is 1.50. The number of halogens is 1. The molecule has 0 amide bonds. The predicted octanol–water partition coefficient (Wildman–Crippen LogP) is 2.67. The first-order valence-corrected chi connectivity index (χ1v) is 6.07. The summed E-state index contributed by atoms with van der Waals surface area (Å²) in [6.45, 7) is 2.01. The number of fused-ring (bicyclic) bond motifs is 1. The molecule has 0 saturated carbocycles. The van der Waals surface area contributed by atoms with Crippen molar-refractivity contribution in [2.45, 2.75) is 6.92 Å². The van der Waals surface area contributed by atoms with Crippen molar-refractivity contribution in [1.29, 1.82) is 0 Å². The van der Waals surface area contributed by atoms with Gasteiger partial charge in [-0.3, -0.25) is 0 Å². The summed E-state index contributed by atoms with van der Waals surface area (Å²) in [5.74, 6) is 0. The quantitative estimate of drug-likeness (QED) is 0.532. The van der Waals surface area contributed by atoms with E-state index in [4.69, 9.17) is 11.6 Å². The molecule has 0 unspecified atom stereocenters. The second-order valence-corrected chi connectivity index (χ2v) is 4.46. The molecular formula is C13H10ClN5. The summed E-state index contributed by atoms with van der Waals surface area (Å²) >= 11 is 6.17. The maximum absolute atomic E-state index is 6.17. The van der Waals surface area contributed by atoms with Crippen LogP contribution in [0.5, 0.6) is 0 Å². The van der Waals surface area contributed by atoms with E-state index in [2.05, 4.69) is 20.3 Å². The van der Waals surface area contributed by atoms with Gasteiger partial charge in [0.25, 0.3) is 0 Å². The van der Waals surface area contributed by atoms with E-state index in [1.807, 2.05) is 31.2 Å². The first kappa shape index (κ1) is 11.8. The zero-order valence-electron chi connectivity index (χ0n) is 10.2. The monoisotopic (exact) mass is 271 g/mol. The Bertz CT molecular complexity index is 749. The normalized spacial score (nSPS) is 11.5. The summed E-state index contributed by atoms with van der Waals surface area (Å²) in [7, 11) is 0. The molecular weight excluding hydrogens is 262 g/mol. The van der Waals surface area contributed by atoms with Gasteiger partial charge in [0.2, 0.25) is 0 Å². The maximum atomic E-state index is 6.17. The van der Waals surface area contributed by atoms with Gasteiger partial charge in [0.1, 0.15) is 17.8 Å². The van der Waals surface area contributed by atoms with E-state index in [9.17, 15) is 0 Å². The second kappa shape index (κ2) is 4.78. The third kappa shape index (κ3) is 2.32. The summed E-state index contributed by atoms with van der Waals surface area (Å²) in [4.78, 5) is 4.41. The molecule has 0 bridgehead atoms. The summed E-state index contributed by atoms with van der Waals surface area (Å²) in [5, 5.41) is 13.0. The highest BCUT2D eigenvalue weighted by molar-refractivity contribution is 6.32. The molecule has 2 heterocycles. The number of aryl methyl sites for hydroxylation is 1. The zero-order valence-corrected chi connectivity index (χ0v) is 10.9. The maximum Gasteiger partial charge on any atom is 0.141 e. The molecule has 0 aliphatic rings. The van der Waals surface area contributed by atoms with Crippen LogP contribution in [0.1, 0.15) is 11.1 Å². The Labute approximate surface area is 114 Å². The fourth-order valence-electron chi connectivity index (χ4n) is 1.81. The molecule has 94 valence electrons. The van der Waals surface area contributed by atoms with E-state index < -0.39 is 0 Å². The van der Waals surface area contributed by atoms with Gasteiger partial charge in [0.05, 0.1) is 11.7 Å². The third-order valence-electron chi connectivity index (χ3n) is 2.76. The Morgan fingerprint density at radius 3 is 2.84 bits per heavy atom. The number of aromatic nitrogens is 4. The van der Waals surface area contributed by atoms with Gasteiger partial charge in [0.15, 0.2) is 0 Å². The minimum atomic E-state index is 0.429. The van der Waals surface area contributed by atoms with E-state index >= 15 is 0 Å². The van der Waals surface area contributed by atoms with Crippen molar-refractivity contribution in [2.75, 3.05) is 0 Å². The van der Waals surface area contributed by atoms with Gasteiger partial charge >= 0.3 is 0 Å². The smallest absolute Gasteiger partial charge is 0.141 e. The Morgan fingerprint density at radius 2 is 2.05 bits per heavy atom. The van der Waals surface area contributed by atoms with Crippen molar-refractivity contribution in [1.82, 2.24) is 19.9 Å². The third-order valence-corrected chi connectivity index (χ3v) is 3.07. The molecule has 0 aliphatic heterocycles. The fourth-order valence-corrected chi connectivity index (χ4v) is 2.00. The van der Waals surface area contributed by atoms with E-state index in [1.54, 1.807) is 6.21 Å². The second-order valence-electron chi connectivity index (χ2n) is 4.10. The highest BCUT2D eigenvalue weighted by Gasteiger charge is 2.04. The van der Waals surface area contributed by atoms with E-state index in [-0.39, 0.29) is 0 Å². The van der Waals surface area contributed by atoms with E-state index in [1.165, 1.54) is 17.3 Å². The molecule has 0 N–H and O–H groups in total. The molecule has 0 saturated heterocycles. The van der Waals surface area contributed by atoms with Crippen molar-refractivity contribution < 1.29 is 0 Å². The Hall–Kier alpha value is -2.27. The molecule has 1 aromatic carbocycles. The van der Waals surface area contributed by atoms with Crippen LogP contribution in [0.4, 0.5) is 0 Å². The first-order valence-electron chi connectivity index (χ1n) is 5.69. The van der Waals surface area contributed by atoms with Crippen LogP contribution in [0.15, 0.2) is 42.0 Å². The standard InChI is InChI=1S/C13H10ClN5/c1-9-3-2-4-10-5-11(13(14)18-12(9)10)6-17-19-7-15-16-8-19/h2-8H,1H3/b17-6-. The minimum Gasteiger partial charge on any atom is -0.235 e. The van der Waals surface area contributed by atoms with Crippen LogP contribution >= 0.6 is 11.6 Å². The van der Waals surface area contributed by atoms with Crippen LogP contribution in [-0.4, -0.2) is 26.1 Å². The highest BCUT2D eigenvalue weighted by atomic mass is 35.5. The Kier molecular flexibility index (Phi) is 2.97. The molecule has 5 nitrogen and oxygen atoms in total. The summed E-state index contributed by atoms with van der Waals surface area (Å²) in [5.41, 5.74) is 2.77. The lowest BCUT2D eigenvalue weighted by Gasteiger charge is -2.04. The van der Waals surface area contributed by atoms with Crippen LogP contribution in [0, 0.1) is 6.92 Å². The largest absolute Gasteiger partial charge is 0.235 e. The number of hydrogen-bond acceptors (Lipinski definition) is 4. The zero-order chi connectivity index (χ0) is 13.2. The topological polar surface area (TPSA) is 56.0 Å². The van der Waals surface area contributed by atoms with Gasteiger partial charge in [-0.25, -0.2) is 9.66 Å². The molecule has 3 aromatic rings. The number of para-hydroxylation sites is 1. The lowest BCUT2D eigenvalue weighted by molar-refractivity contribution is 0.878. The predicted molar refractivity (Wildman–Crippen MR) is 74.5 cm³/mol. The van der Waals surface area contributed by atoms with Gasteiger partial charge in [-0.15, -0.1) is 10.2 Å². The van der Waals surface area contributed by atoms with E-state index in [0.717, 1.165) is 22.0 Å². The molecule has 0 fully saturated rings. The fraction of sp³-hybridized carbons (Fsp3) is 0.0769. The average Bonchev–Trinajstić information content (AvgIpc) is 2.91. The lowest BCUT2D eigenvalue weighted by atomic mass is 10.1. The lowest BCUT2D eigenvalue weighted by Crippen LogP contribution is -1.93. The summed E-state index contributed by atoms with van der Waals surface area (Å²) in [6.07, 6.45) is 4.65. The Balaban J connectivity index is 2.07. The number of hydrogen-bond donors (Lipinski definition) is 0. The first-order chi connectivity index (χ1) is 9.24. The number of rotatable bonds is 2. The van der Waals surface area contributed by atoms with Crippen LogP contribution < -0.4 is 0 Å². The number of pyridine rings is 1. The van der Waals surface area contributed by atoms with Crippen molar-refractivity contribution in [3.8, 4) is 0 Å². The van der Waals surface area contributed by atoms with Crippen LogP contribution in [0.3, 0.4) is 0 Å². The average molecular weight is 272 g/mol. The molecule has 0 atom stereocenters. The molecule has 0 radical (unpaired) electrons. The van der Waals surface area contributed by atoms with Crippen LogP contribution in [0.25, 0.3) is 10.9 Å². The number of benzene rings is 1. The SMILES string of the molecule is Cc1cccc2cc(/C=N\n3cnnc3)c(Cl)nc12. The molecule has 0 aliphatic carbocycles. The number of nitrogens with zero attached hydrogens (tertiary/aromatic N) is 5. The van der Waals surface area contributed by atoms with Gasteiger partial charge < -0.3 is 0 Å². The highest BCUT2D eigenvalue weighted by Crippen LogP contribution is 2.21. The van der Waals surface area contributed by atoms with Crippen molar-refractivity contribution in [2.24, 2.45) is 5.10 Å². The van der Waals surface area contributed by atoms with Crippen LogP contribution in [-0.2, 0) is 0 Å². The Morgan fingerprint density at radius 1 is 1.26 bits per heavy atom. The van der Waals surface area contributed by atoms with Gasteiger partial charge in [-0.1, -0.05) is 29.8 Å². The molecule has 6 heteroatoms. The van der Waals surface area contributed by atoms with Crippen LogP contribution in [0.2, 0.25) is 5.15 Å². The van der Waals surface area contributed by atoms with Gasteiger partial charge in [-0.05, 0) is 18.6 Å². The van der Waals surface area contributed by atoms with E-state index in [0.29, 0.717) is 5.15 Å². The van der Waals surface area contributed by atoms with Crippen molar-refractivity contribution in [3.05, 3.63) is 53.2 Å². The summed E-state index contributed by atoms with van der Waals surface area (Å²) in [6, 6.07) is 7.97. The minimum absolute atomic E-state index is 0.429. The molecule has 19 heavy (non-hydrogen) atoms. The molecule has 3 rings (SSSR count). The molecule has 0 spiro atoms. The van der Waals surface area contributed by atoms with Gasteiger partial charge in [-0.2, -0.15) is 5.10 Å². The molecule has 2 aromatic heterocycles. The van der Waals surface area contributed by atoms with Gasteiger partial charge in [0, 0.05) is 10.9 Å². The van der Waals surface area contributed by atoms with Crippen molar-refractivity contribution >= 4 is 28.7 Å². The van der Waals surface area contributed by atoms with Crippen molar-refractivity contribution in [3.63, 3.8) is 0 Å².